The Kier molecular flexibility index (Phi) is 5.75. The van der Waals surface area contributed by atoms with E-state index in [4.69, 9.17) is 0 Å². The van der Waals surface area contributed by atoms with Crippen LogP contribution in [0.25, 0.3) is 0 Å². The quantitative estimate of drug-likeness (QED) is 0.887. The van der Waals surface area contributed by atoms with E-state index in [0.29, 0.717) is 19.4 Å². The van der Waals surface area contributed by atoms with Crippen LogP contribution in [-0.2, 0) is 16.1 Å². The van der Waals surface area contributed by atoms with Crippen LogP contribution in [0.15, 0.2) is 18.3 Å². The molecule has 1 aliphatic heterocycles. The normalized spacial score (nSPS) is 14.8. The number of pyridine rings is 1. The van der Waals surface area contributed by atoms with Gasteiger partial charge in [0.2, 0.25) is 11.8 Å². The van der Waals surface area contributed by atoms with Gasteiger partial charge in [-0.05, 0) is 6.07 Å². The molecule has 1 aromatic rings. The maximum atomic E-state index is 11.7. The van der Waals surface area contributed by atoms with Crippen molar-refractivity contribution in [3.8, 4) is 0 Å². The van der Waals surface area contributed by atoms with Crippen molar-refractivity contribution in [2.75, 3.05) is 31.1 Å². The lowest BCUT2D eigenvalue weighted by Gasteiger charge is -2.36. The minimum atomic E-state index is 0.0353. The number of amides is 2. The molecule has 0 saturated carbocycles. The van der Waals surface area contributed by atoms with Gasteiger partial charge < -0.3 is 15.1 Å². The average molecular weight is 304 g/mol. The van der Waals surface area contributed by atoms with E-state index in [1.165, 1.54) is 0 Å². The highest BCUT2D eigenvalue weighted by molar-refractivity contribution is 5.76. The lowest BCUT2D eigenvalue weighted by molar-refractivity contribution is -0.131. The van der Waals surface area contributed by atoms with Crippen LogP contribution in [0, 0.1) is 0 Å². The van der Waals surface area contributed by atoms with E-state index in [1.54, 1.807) is 6.20 Å². The first-order valence-corrected chi connectivity index (χ1v) is 7.89. The molecular formula is C16H24N4O2. The van der Waals surface area contributed by atoms with Gasteiger partial charge in [-0.25, -0.2) is 4.98 Å². The summed E-state index contributed by atoms with van der Waals surface area (Å²) in [6.07, 6.45) is 2.80. The van der Waals surface area contributed by atoms with Gasteiger partial charge in [0.05, 0.1) is 0 Å². The second-order valence-corrected chi connectivity index (χ2v) is 5.34. The number of nitrogens with one attached hydrogen (secondary N) is 1. The molecule has 0 spiro atoms. The zero-order valence-electron chi connectivity index (χ0n) is 13.3. The highest BCUT2D eigenvalue weighted by atomic mass is 16.2. The molecule has 120 valence electrons. The van der Waals surface area contributed by atoms with Crippen molar-refractivity contribution < 1.29 is 9.59 Å². The number of carbonyl (C=O) groups is 2. The third kappa shape index (κ3) is 3.96. The second kappa shape index (κ2) is 7.77. The number of nitrogens with zero attached hydrogens (tertiary/aromatic N) is 3. The van der Waals surface area contributed by atoms with Crippen molar-refractivity contribution in [1.29, 1.82) is 0 Å². The highest BCUT2D eigenvalue weighted by Gasteiger charge is 2.22. The summed E-state index contributed by atoms with van der Waals surface area (Å²) in [5.74, 6) is 1.15. The number of aromatic nitrogens is 1. The molecule has 0 bridgehead atoms. The van der Waals surface area contributed by atoms with Crippen molar-refractivity contribution in [2.24, 2.45) is 0 Å². The van der Waals surface area contributed by atoms with Crippen LogP contribution < -0.4 is 10.2 Å². The molecule has 6 nitrogen and oxygen atoms in total. The first-order chi connectivity index (χ1) is 10.7. The molecule has 2 rings (SSSR count). The first kappa shape index (κ1) is 16.3. The third-order valence-corrected chi connectivity index (χ3v) is 3.90. The lowest BCUT2D eigenvalue weighted by atomic mass is 10.2. The fourth-order valence-electron chi connectivity index (χ4n) is 2.56. The number of anilines is 1. The van der Waals surface area contributed by atoms with E-state index >= 15 is 0 Å². The molecule has 22 heavy (non-hydrogen) atoms. The third-order valence-electron chi connectivity index (χ3n) is 3.90. The number of carbonyl (C=O) groups excluding carboxylic acids is 2. The second-order valence-electron chi connectivity index (χ2n) is 5.34. The molecule has 1 aromatic heterocycles. The fourth-order valence-corrected chi connectivity index (χ4v) is 2.56. The summed E-state index contributed by atoms with van der Waals surface area (Å²) in [7, 11) is 0. The molecule has 2 heterocycles. The van der Waals surface area contributed by atoms with Gasteiger partial charge in [0.25, 0.3) is 0 Å². The Bertz CT molecular complexity index is 525. The lowest BCUT2D eigenvalue weighted by Crippen LogP contribution is -2.49. The Morgan fingerprint density at radius 2 is 1.91 bits per heavy atom. The van der Waals surface area contributed by atoms with E-state index in [-0.39, 0.29) is 11.8 Å². The van der Waals surface area contributed by atoms with Crippen molar-refractivity contribution in [2.45, 2.75) is 33.2 Å². The smallest absolute Gasteiger partial charge is 0.222 e. The largest absolute Gasteiger partial charge is 0.353 e. The molecule has 0 aliphatic carbocycles. The van der Waals surface area contributed by atoms with Crippen LogP contribution in [-0.4, -0.2) is 47.9 Å². The maximum Gasteiger partial charge on any atom is 0.222 e. The van der Waals surface area contributed by atoms with Crippen LogP contribution in [0.3, 0.4) is 0 Å². The number of rotatable bonds is 5. The molecule has 1 N–H and O–H groups in total. The van der Waals surface area contributed by atoms with Crippen LogP contribution in [0.5, 0.6) is 0 Å². The van der Waals surface area contributed by atoms with Crippen molar-refractivity contribution >= 4 is 17.6 Å². The van der Waals surface area contributed by atoms with Gasteiger partial charge in [0.15, 0.2) is 0 Å². The monoisotopic (exact) mass is 304 g/mol. The fraction of sp³-hybridized carbons (Fsp3) is 0.562. The van der Waals surface area contributed by atoms with Crippen molar-refractivity contribution in [3.05, 3.63) is 23.9 Å². The van der Waals surface area contributed by atoms with Crippen LogP contribution in [0.1, 0.15) is 32.3 Å². The topological polar surface area (TPSA) is 65.5 Å². The predicted molar refractivity (Wildman–Crippen MR) is 85.5 cm³/mol. The van der Waals surface area contributed by atoms with E-state index in [1.807, 2.05) is 30.9 Å². The van der Waals surface area contributed by atoms with Crippen LogP contribution in [0.4, 0.5) is 5.82 Å². The van der Waals surface area contributed by atoms with Gasteiger partial charge in [0, 0.05) is 57.3 Å². The van der Waals surface area contributed by atoms with Gasteiger partial charge >= 0.3 is 0 Å². The molecule has 0 atom stereocenters. The Morgan fingerprint density at radius 3 is 2.55 bits per heavy atom. The molecule has 0 unspecified atom stereocenters. The first-order valence-electron chi connectivity index (χ1n) is 7.89. The summed E-state index contributed by atoms with van der Waals surface area (Å²) in [6, 6.07) is 3.87. The molecular weight excluding hydrogens is 280 g/mol. The van der Waals surface area contributed by atoms with Gasteiger partial charge in [0.1, 0.15) is 5.82 Å². The minimum Gasteiger partial charge on any atom is -0.353 e. The standard InChI is InChI=1S/C16H24N4O2/c1-3-14(21)18-12-13-6-5-7-17-16(13)20-10-8-19(9-11-20)15(22)4-2/h5-7H,3-4,8-12H2,1-2H3,(H,18,21). The predicted octanol–water partition coefficient (Wildman–Crippen LogP) is 1.17. The Morgan fingerprint density at radius 1 is 1.18 bits per heavy atom. The molecule has 1 aliphatic rings. The summed E-state index contributed by atoms with van der Waals surface area (Å²) >= 11 is 0. The number of hydrogen-bond donors (Lipinski definition) is 1. The van der Waals surface area contributed by atoms with Gasteiger partial charge in [-0.1, -0.05) is 19.9 Å². The molecule has 1 fully saturated rings. The van der Waals surface area contributed by atoms with E-state index < -0.39 is 0 Å². The van der Waals surface area contributed by atoms with E-state index in [0.717, 1.165) is 37.6 Å². The van der Waals surface area contributed by atoms with Gasteiger partial charge in [-0.15, -0.1) is 0 Å². The SMILES string of the molecule is CCC(=O)NCc1cccnc1N1CCN(C(=O)CC)CC1. The van der Waals surface area contributed by atoms with Crippen LogP contribution in [0.2, 0.25) is 0 Å². The maximum absolute atomic E-state index is 11.7. The van der Waals surface area contributed by atoms with E-state index in [9.17, 15) is 9.59 Å². The zero-order valence-corrected chi connectivity index (χ0v) is 13.3. The van der Waals surface area contributed by atoms with Crippen molar-refractivity contribution in [1.82, 2.24) is 15.2 Å². The summed E-state index contributed by atoms with van der Waals surface area (Å²) in [5, 5.41) is 2.89. The van der Waals surface area contributed by atoms with Crippen molar-refractivity contribution in [3.63, 3.8) is 0 Å². The molecule has 6 heteroatoms. The zero-order chi connectivity index (χ0) is 15.9. The molecule has 0 aromatic carbocycles. The van der Waals surface area contributed by atoms with E-state index in [2.05, 4.69) is 15.2 Å². The summed E-state index contributed by atoms with van der Waals surface area (Å²) < 4.78 is 0. The molecule has 1 saturated heterocycles. The Balaban J connectivity index is 2.01. The summed E-state index contributed by atoms with van der Waals surface area (Å²) in [4.78, 5) is 31.7. The average Bonchev–Trinajstić information content (AvgIpc) is 2.59. The van der Waals surface area contributed by atoms with Crippen LogP contribution >= 0.6 is 0 Å². The summed E-state index contributed by atoms with van der Waals surface area (Å²) in [6.45, 7) is 7.22. The number of piperazine rings is 1. The molecule has 2 amide bonds. The molecule has 0 radical (unpaired) electrons. The minimum absolute atomic E-state index is 0.0353. The number of hydrogen-bond acceptors (Lipinski definition) is 4. The van der Waals surface area contributed by atoms with Gasteiger partial charge in [-0.3, -0.25) is 9.59 Å². The van der Waals surface area contributed by atoms with Gasteiger partial charge in [-0.2, -0.15) is 0 Å². The summed E-state index contributed by atoms with van der Waals surface area (Å²) in [5.41, 5.74) is 1.01. The highest BCUT2D eigenvalue weighted by Crippen LogP contribution is 2.19. The Hall–Kier alpha value is -2.11. The Labute approximate surface area is 131 Å².